The lowest BCUT2D eigenvalue weighted by molar-refractivity contribution is -0.146. The van der Waals surface area contributed by atoms with Crippen molar-refractivity contribution in [3.05, 3.63) is 35.4 Å². The molecule has 0 aliphatic carbocycles. The van der Waals surface area contributed by atoms with E-state index in [9.17, 15) is 14.4 Å². The van der Waals surface area contributed by atoms with Crippen LogP contribution in [0.25, 0.3) is 0 Å². The number of amides is 2. The second-order valence-electron chi connectivity index (χ2n) is 5.71. The van der Waals surface area contributed by atoms with E-state index in [4.69, 9.17) is 5.11 Å². The first-order valence-corrected chi connectivity index (χ1v) is 8.04. The zero-order valence-electron chi connectivity index (χ0n) is 12.9. The van der Waals surface area contributed by atoms with E-state index in [-0.39, 0.29) is 30.8 Å². The number of hydrogen-bond acceptors (Lipinski definition) is 4. The zero-order chi connectivity index (χ0) is 17.0. The van der Waals surface area contributed by atoms with E-state index in [1.54, 1.807) is 6.92 Å². The van der Waals surface area contributed by atoms with Gasteiger partial charge in [-0.2, -0.15) is 12.6 Å². The zero-order valence-corrected chi connectivity index (χ0v) is 13.8. The monoisotopic (exact) mass is 336 g/mol. The number of rotatable bonds is 5. The van der Waals surface area contributed by atoms with Gasteiger partial charge < -0.3 is 15.3 Å². The molecule has 0 aromatic heterocycles. The van der Waals surface area contributed by atoms with E-state index in [2.05, 4.69) is 17.9 Å². The van der Waals surface area contributed by atoms with Gasteiger partial charge in [-0.15, -0.1) is 0 Å². The van der Waals surface area contributed by atoms with Crippen LogP contribution in [0.2, 0.25) is 0 Å². The molecule has 124 valence electrons. The van der Waals surface area contributed by atoms with E-state index in [0.29, 0.717) is 12.2 Å². The molecular formula is C16H20N2O4S. The van der Waals surface area contributed by atoms with E-state index < -0.39 is 12.0 Å². The lowest BCUT2D eigenvalue weighted by Crippen LogP contribution is -2.50. The molecule has 7 heteroatoms. The Bertz CT molecular complexity index is 620. The van der Waals surface area contributed by atoms with Gasteiger partial charge >= 0.3 is 5.97 Å². The highest BCUT2D eigenvalue weighted by atomic mass is 32.1. The summed E-state index contributed by atoms with van der Waals surface area (Å²) >= 11 is 4.09. The van der Waals surface area contributed by atoms with Crippen LogP contribution in [-0.2, 0) is 27.3 Å². The largest absolute Gasteiger partial charge is 0.480 e. The maximum atomic E-state index is 12.6. The van der Waals surface area contributed by atoms with E-state index >= 15 is 0 Å². The minimum atomic E-state index is -1.08. The predicted molar refractivity (Wildman–Crippen MR) is 88.1 cm³/mol. The first kappa shape index (κ1) is 17.3. The maximum Gasteiger partial charge on any atom is 0.323 e. The number of thiol groups is 1. The van der Waals surface area contributed by atoms with Crippen molar-refractivity contribution < 1.29 is 19.5 Å². The summed E-state index contributed by atoms with van der Waals surface area (Å²) < 4.78 is 0. The van der Waals surface area contributed by atoms with Crippen molar-refractivity contribution >= 4 is 30.4 Å². The molecule has 0 fully saturated rings. The normalized spacial score (nSPS) is 18.8. The summed E-state index contributed by atoms with van der Waals surface area (Å²) in [6.07, 6.45) is 0.357. The Kier molecular flexibility index (Phi) is 5.65. The van der Waals surface area contributed by atoms with Gasteiger partial charge in [0.2, 0.25) is 11.8 Å². The van der Waals surface area contributed by atoms with Crippen LogP contribution in [0.5, 0.6) is 0 Å². The van der Waals surface area contributed by atoms with Crippen LogP contribution in [0.15, 0.2) is 24.3 Å². The quantitative estimate of drug-likeness (QED) is 0.691. The molecule has 0 bridgehead atoms. The number of carbonyl (C=O) groups excluding carboxylic acids is 2. The Hall–Kier alpha value is -2.02. The number of nitrogens with zero attached hydrogens (tertiary/aromatic N) is 1. The number of carboxylic acids is 1. The summed E-state index contributed by atoms with van der Waals surface area (Å²) in [5, 5.41) is 11.8. The fourth-order valence-corrected chi connectivity index (χ4v) is 2.69. The van der Waals surface area contributed by atoms with E-state index in [1.807, 2.05) is 24.3 Å². The SMILES string of the molecule is C[C@H](CS)C(=O)N[C@H]1Cc2ccccc2CN(CC(=O)O)C1=O. The van der Waals surface area contributed by atoms with Gasteiger partial charge in [-0.05, 0) is 11.1 Å². The molecular weight excluding hydrogens is 316 g/mol. The van der Waals surface area contributed by atoms with E-state index in [1.165, 1.54) is 4.90 Å². The Morgan fingerprint density at radius 3 is 2.65 bits per heavy atom. The van der Waals surface area contributed by atoms with Crippen LogP contribution in [0.1, 0.15) is 18.1 Å². The Labute approximate surface area is 140 Å². The molecule has 6 nitrogen and oxygen atoms in total. The van der Waals surface area contributed by atoms with E-state index in [0.717, 1.165) is 11.1 Å². The highest BCUT2D eigenvalue weighted by Gasteiger charge is 2.32. The van der Waals surface area contributed by atoms with Crippen LogP contribution < -0.4 is 5.32 Å². The molecule has 1 aliphatic rings. The number of carbonyl (C=O) groups is 3. The first-order valence-electron chi connectivity index (χ1n) is 7.41. The summed E-state index contributed by atoms with van der Waals surface area (Å²) in [6.45, 7) is 1.57. The standard InChI is InChI=1S/C16H20N2O4S/c1-10(9-23)15(21)17-13-6-11-4-2-3-5-12(11)7-18(16(13)22)8-14(19)20/h2-5,10,13,23H,6-9H2,1H3,(H,17,21)(H,19,20)/t10-,13+/m1/s1. The highest BCUT2D eigenvalue weighted by molar-refractivity contribution is 7.80. The number of hydrogen-bond donors (Lipinski definition) is 3. The third kappa shape index (κ3) is 4.25. The molecule has 1 aliphatic heterocycles. The minimum absolute atomic E-state index is 0.232. The molecule has 2 amide bonds. The fraction of sp³-hybridized carbons (Fsp3) is 0.438. The summed E-state index contributed by atoms with van der Waals surface area (Å²) in [4.78, 5) is 37.0. The molecule has 0 spiro atoms. The van der Waals surface area contributed by atoms with Crippen molar-refractivity contribution in [1.82, 2.24) is 10.2 Å². The Balaban J connectivity index is 2.27. The molecule has 0 radical (unpaired) electrons. The van der Waals surface area contributed by atoms with Crippen LogP contribution in [0.3, 0.4) is 0 Å². The number of aliphatic carboxylic acids is 1. The molecule has 2 N–H and O–H groups in total. The third-order valence-electron chi connectivity index (χ3n) is 3.88. The summed E-state index contributed by atoms with van der Waals surface area (Å²) in [5.41, 5.74) is 1.85. The molecule has 0 saturated carbocycles. The summed E-state index contributed by atoms with van der Waals surface area (Å²) in [5.74, 6) is -1.65. The van der Waals surface area contributed by atoms with Crippen LogP contribution in [-0.4, -0.2) is 46.1 Å². The number of fused-ring (bicyclic) bond motifs is 1. The van der Waals surface area contributed by atoms with Crippen molar-refractivity contribution in [2.45, 2.75) is 25.9 Å². The molecule has 2 rings (SSSR count). The molecule has 0 unspecified atom stereocenters. The van der Waals surface area contributed by atoms with Crippen LogP contribution >= 0.6 is 12.6 Å². The topological polar surface area (TPSA) is 86.7 Å². The highest BCUT2D eigenvalue weighted by Crippen LogP contribution is 2.20. The van der Waals surface area contributed by atoms with Gasteiger partial charge in [-0.3, -0.25) is 14.4 Å². The lowest BCUT2D eigenvalue weighted by atomic mass is 10.0. The maximum absolute atomic E-state index is 12.6. The summed E-state index contributed by atoms with van der Waals surface area (Å²) in [6, 6.07) is 6.73. The van der Waals surface area contributed by atoms with Crippen LogP contribution in [0.4, 0.5) is 0 Å². The molecule has 0 saturated heterocycles. The average Bonchev–Trinajstić information content (AvgIpc) is 2.64. The second-order valence-corrected chi connectivity index (χ2v) is 6.07. The number of carboxylic acid groups (broad SMARTS) is 1. The van der Waals surface area contributed by atoms with Gasteiger partial charge in [-0.25, -0.2) is 0 Å². The van der Waals surface area contributed by atoms with Crippen molar-refractivity contribution in [2.24, 2.45) is 5.92 Å². The van der Waals surface area contributed by atoms with Crippen LogP contribution in [0, 0.1) is 5.92 Å². The molecule has 2 atom stereocenters. The molecule has 1 aromatic carbocycles. The molecule has 1 aromatic rings. The third-order valence-corrected chi connectivity index (χ3v) is 4.43. The van der Waals surface area contributed by atoms with Gasteiger partial charge in [0.1, 0.15) is 12.6 Å². The summed E-state index contributed by atoms with van der Waals surface area (Å²) in [7, 11) is 0. The number of benzene rings is 1. The minimum Gasteiger partial charge on any atom is -0.480 e. The smallest absolute Gasteiger partial charge is 0.323 e. The van der Waals surface area contributed by atoms with Gasteiger partial charge in [0.15, 0.2) is 0 Å². The van der Waals surface area contributed by atoms with Crippen molar-refractivity contribution in [1.29, 1.82) is 0 Å². The van der Waals surface area contributed by atoms with Gasteiger partial charge in [0.05, 0.1) is 0 Å². The molecule has 1 heterocycles. The Morgan fingerprint density at radius 1 is 1.39 bits per heavy atom. The molecule has 23 heavy (non-hydrogen) atoms. The number of nitrogens with one attached hydrogen (secondary N) is 1. The van der Waals surface area contributed by atoms with Gasteiger partial charge in [0, 0.05) is 24.6 Å². The van der Waals surface area contributed by atoms with Crippen molar-refractivity contribution in [2.75, 3.05) is 12.3 Å². The Morgan fingerprint density at radius 2 is 2.04 bits per heavy atom. The second kappa shape index (κ2) is 7.50. The lowest BCUT2D eigenvalue weighted by Gasteiger charge is -2.24. The van der Waals surface area contributed by atoms with Crippen molar-refractivity contribution in [3.63, 3.8) is 0 Å². The first-order chi connectivity index (χ1) is 10.9. The predicted octanol–water partition coefficient (Wildman–Crippen LogP) is 0.707. The van der Waals surface area contributed by atoms with Gasteiger partial charge in [0.25, 0.3) is 0 Å². The van der Waals surface area contributed by atoms with Crippen molar-refractivity contribution in [3.8, 4) is 0 Å². The average molecular weight is 336 g/mol. The van der Waals surface area contributed by atoms with Gasteiger partial charge in [-0.1, -0.05) is 31.2 Å². The fourth-order valence-electron chi connectivity index (χ4n) is 2.53.